The molecule has 1 heterocycles. The third-order valence-corrected chi connectivity index (χ3v) is 1.69. The minimum absolute atomic E-state index is 0.228. The molecule has 3 nitrogen and oxygen atoms in total. The van der Waals surface area contributed by atoms with Gasteiger partial charge in [-0.15, -0.1) is 0 Å². The third-order valence-electron chi connectivity index (χ3n) is 1.69. The lowest BCUT2D eigenvalue weighted by Crippen LogP contribution is -2.15. The molecule has 0 aromatic carbocycles. The summed E-state index contributed by atoms with van der Waals surface area (Å²) in [6.45, 7) is 7.33. The Bertz CT molecular complexity index is 250. The number of aliphatic hydroxyl groups is 1. The molecule has 0 amide bonds. The van der Waals surface area contributed by atoms with Crippen LogP contribution in [0.1, 0.15) is 17.7 Å². The van der Waals surface area contributed by atoms with Crippen LogP contribution < -0.4 is 5.32 Å². The Hall–Kier alpha value is -0.930. The number of aromatic nitrogens is 1. The molecule has 2 radical (unpaired) electrons. The maximum Gasteiger partial charge on any atom is 0.0451 e. The van der Waals surface area contributed by atoms with Crippen LogP contribution in [-0.4, -0.2) is 23.2 Å². The first-order valence-electron chi connectivity index (χ1n) is 4.35. The summed E-state index contributed by atoms with van der Waals surface area (Å²) in [4.78, 5) is 3.89. The van der Waals surface area contributed by atoms with E-state index in [1.807, 2.05) is 12.1 Å². The molecule has 0 fully saturated rings. The maximum atomic E-state index is 8.54. The van der Waals surface area contributed by atoms with E-state index in [1.54, 1.807) is 6.20 Å². The van der Waals surface area contributed by atoms with Gasteiger partial charge in [-0.25, -0.2) is 0 Å². The average molecular weight is 178 g/mol. The second-order valence-electron chi connectivity index (χ2n) is 2.84. The van der Waals surface area contributed by atoms with Crippen molar-refractivity contribution in [2.75, 3.05) is 13.2 Å². The number of hydrogen-bond acceptors (Lipinski definition) is 3. The van der Waals surface area contributed by atoms with Crippen LogP contribution in [0.25, 0.3) is 0 Å². The van der Waals surface area contributed by atoms with Crippen molar-refractivity contribution >= 4 is 0 Å². The van der Waals surface area contributed by atoms with Crippen LogP contribution in [0.2, 0.25) is 0 Å². The lowest BCUT2D eigenvalue weighted by molar-refractivity contribution is 0.286. The first-order valence-corrected chi connectivity index (χ1v) is 4.35. The summed E-state index contributed by atoms with van der Waals surface area (Å²) < 4.78 is 0. The standard InChI is InChI=1S/C10H14N2O/c1-9-7-10(3-5-12-9)8-11-4-2-6-13/h1,3,5,7,11,13H,2,4,6,8H2. The number of nitrogens with one attached hydrogen (secondary N) is 1. The molecule has 13 heavy (non-hydrogen) atoms. The molecule has 0 saturated carbocycles. The van der Waals surface area contributed by atoms with Crippen LogP contribution in [0.3, 0.4) is 0 Å². The van der Waals surface area contributed by atoms with Gasteiger partial charge < -0.3 is 10.4 Å². The van der Waals surface area contributed by atoms with Crippen LogP contribution in [0.5, 0.6) is 0 Å². The third kappa shape index (κ3) is 4.01. The predicted octanol–water partition coefficient (Wildman–Crippen LogP) is 0.613. The van der Waals surface area contributed by atoms with Crippen molar-refractivity contribution in [3.8, 4) is 0 Å². The lowest BCUT2D eigenvalue weighted by Gasteiger charge is -2.03. The SMILES string of the molecule is [CH]c1cc(CNCCCO)ccn1. The maximum absolute atomic E-state index is 8.54. The van der Waals surface area contributed by atoms with Crippen molar-refractivity contribution < 1.29 is 5.11 Å². The van der Waals surface area contributed by atoms with E-state index in [0.29, 0.717) is 5.69 Å². The van der Waals surface area contributed by atoms with Gasteiger partial charge in [0, 0.05) is 32.0 Å². The normalized spacial score (nSPS) is 10.3. The number of rotatable bonds is 5. The van der Waals surface area contributed by atoms with Gasteiger partial charge in [0.25, 0.3) is 0 Å². The van der Waals surface area contributed by atoms with Gasteiger partial charge in [0.05, 0.1) is 0 Å². The van der Waals surface area contributed by atoms with Crippen molar-refractivity contribution in [2.45, 2.75) is 13.0 Å². The van der Waals surface area contributed by atoms with E-state index in [-0.39, 0.29) is 6.61 Å². The van der Waals surface area contributed by atoms with E-state index < -0.39 is 0 Å². The molecule has 1 rings (SSSR count). The fraction of sp³-hybridized carbons (Fsp3) is 0.400. The highest BCUT2D eigenvalue weighted by atomic mass is 16.3. The molecule has 70 valence electrons. The molecule has 1 aromatic rings. The van der Waals surface area contributed by atoms with Crippen LogP contribution in [0.15, 0.2) is 18.3 Å². The largest absolute Gasteiger partial charge is 0.396 e. The van der Waals surface area contributed by atoms with Crippen LogP contribution in [-0.2, 0) is 6.54 Å². The number of pyridine rings is 1. The van der Waals surface area contributed by atoms with Crippen molar-refractivity contribution in [3.05, 3.63) is 36.5 Å². The minimum atomic E-state index is 0.228. The van der Waals surface area contributed by atoms with Gasteiger partial charge in [-0.05, 0) is 30.7 Å². The first kappa shape index (κ1) is 10.2. The summed E-state index contributed by atoms with van der Waals surface area (Å²) in [7, 11) is 0. The molecule has 0 aliphatic heterocycles. The van der Waals surface area contributed by atoms with Crippen LogP contribution in [0, 0.1) is 6.92 Å². The highest BCUT2D eigenvalue weighted by molar-refractivity contribution is 5.17. The van der Waals surface area contributed by atoms with Crippen molar-refractivity contribution in [1.29, 1.82) is 0 Å². The lowest BCUT2D eigenvalue weighted by atomic mass is 10.2. The molecule has 0 aliphatic rings. The number of aliphatic hydroxyl groups excluding tert-OH is 1. The second kappa shape index (κ2) is 5.67. The first-order chi connectivity index (χ1) is 6.33. The fourth-order valence-electron chi connectivity index (χ4n) is 1.04. The molecular weight excluding hydrogens is 164 g/mol. The topological polar surface area (TPSA) is 45.1 Å². The summed E-state index contributed by atoms with van der Waals surface area (Å²) in [6, 6.07) is 3.76. The van der Waals surface area contributed by atoms with Gasteiger partial charge in [-0.3, -0.25) is 4.98 Å². The van der Waals surface area contributed by atoms with E-state index in [9.17, 15) is 0 Å². The summed E-state index contributed by atoms with van der Waals surface area (Å²) in [5, 5.41) is 11.7. The van der Waals surface area contributed by atoms with Gasteiger partial charge >= 0.3 is 0 Å². The molecular formula is C10H14N2O. The van der Waals surface area contributed by atoms with Crippen LogP contribution in [0.4, 0.5) is 0 Å². The van der Waals surface area contributed by atoms with Gasteiger partial charge in [-0.1, -0.05) is 0 Å². The predicted molar refractivity (Wildman–Crippen MR) is 51.0 cm³/mol. The van der Waals surface area contributed by atoms with E-state index >= 15 is 0 Å². The number of hydrogen-bond donors (Lipinski definition) is 2. The molecule has 0 atom stereocenters. The Morgan fingerprint density at radius 2 is 2.38 bits per heavy atom. The Kier molecular flexibility index (Phi) is 4.43. The van der Waals surface area contributed by atoms with Gasteiger partial charge in [0.2, 0.25) is 0 Å². The van der Waals surface area contributed by atoms with E-state index in [0.717, 1.165) is 25.1 Å². The van der Waals surface area contributed by atoms with Crippen molar-refractivity contribution in [2.24, 2.45) is 0 Å². The summed E-state index contributed by atoms with van der Waals surface area (Å²) >= 11 is 0. The average Bonchev–Trinajstić information content (AvgIpc) is 2.13. The molecule has 2 N–H and O–H groups in total. The molecule has 0 spiro atoms. The Labute approximate surface area is 78.8 Å². The second-order valence-corrected chi connectivity index (χ2v) is 2.84. The minimum Gasteiger partial charge on any atom is -0.396 e. The Morgan fingerprint density at radius 3 is 3.08 bits per heavy atom. The zero-order chi connectivity index (χ0) is 9.52. The molecule has 0 unspecified atom stereocenters. The Morgan fingerprint density at radius 1 is 1.54 bits per heavy atom. The van der Waals surface area contributed by atoms with Crippen molar-refractivity contribution in [1.82, 2.24) is 10.3 Å². The summed E-state index contributed by atoms with van der Waals surface area (Å²) in [5.74, 6) is 0. The van der Waals surface area contributed by atoms with E-state index in [4.69, 9.17) is 12.0 Å². The molecule has 1 aromatic heterocycles. The monoisotopic (exact) mass is 178 g/mol. The highest BCUT2D eigenvalue weighted by Crippen LogP contribution is 1.99. The quantitative estimate of drug-likeness (QED) is 0.649. The molecule has 0 saturated heterocycles. The van der Waals surface area contributed by atoms with Crippen LogP contribution >= 0.6 is 0 Å². The van der Waals surface area contributed by atoms with E-state index in [1.165, 1.54) is 0 Å². The van der Waals surface area contributed by atoms with Gasteiger partial charge in [0.15, 0.2) is 0 Å². The zero-order valence-corrected chi connectivity index (χ0v) is 7.53. The van der Waals surface area contributed by atoms with Crippen molar-refractivity contribution in [3.63, 3.8) is 0 Å². The fourth-order valence-corrected chi connectivity index (χ4v) is 1.04. The number of nitrogens with zero attached hydrogens (tertiary/aromatic N) is 1. The molecule has 3 heteroatoms. The van der Waals surface area contributed by atoms with Gasteiger partial charge in [-0.2, -0.15) is 0 Å². The molecule has 0 bridgehead atoms. The van der Waals surface area contributed by atoms with E-state index in [2.05, 4.69) is 10.3 Å². The molecule has 0 aliphatic carbocycles. The van der Waals surface area contributed by atoms with Gasteiger partial charge in [0.1, 0.15) is 0 Å². The summed E-state index contributed by atoms with van der Waals surface area (Å²) in [6.07, 6.45) is 2.47. The Balaban J connectivity index is 2.28. The zero-order valence-electron chi connectivity index (χ0n) is 7.53. The summed E-state index contributed by atoms with van der Waals surface area (Å²) in [5.41, 5.74) is 1.66. The highest BCUT2D eigenvalue weighted by Gasteiger charge is 1.92. The smallest absolute Gasteiger partial charge is 0.0451 e.